The van der Waals surface area contributed by atoms with Crippen LogP contribution in [-0.2, 0) is 29.0 Å². The van der Waals surface area contributed by atoms with Gasteiger partial charge < -0.3 is 23.7 Å². The average Bonchev–Trinajstić information content (AvgIpc) is 3.07. The smallest absolute Gasteiger partial charge is 0.305 e. The third kappa shape index (κ3) is 10.00. The molecular weight excluding hydrogens is 571 g/mol. The van der Waals surface area contributed by atoms with Gasteiger partial charge in [-0.25, -0.2) is 4.39 Å². The van der Waals surface area contributed by atoms with Crippen molar-refractivity contribution in [3.05, 3.63) is 107 Å². The van der Waals surface area contributed by atoms with Crippen LogP contribution in [0.25, 0.3) is 11.1 Å². The van der Waals surface area contributed by atoms with E-state index in [0.29, 0.717) is 50.8 Å². The van der Waals surface area contributed by atoms with Gasteiger partial charge in [-0.3, -0.25) is 4.79 Å². The number of halogens is 1. The molecule has 0 radical (unpaired) electrons. The number of benzene rings is 4. The first-order chi connectivity index (χ1) is 22.0. The third-order valence-corrected chi connectivity index (χ3v) is 7.39. The minimum Gasteiger partial charge on any atom is -0.493 e. The molecule has 0 unspecified atom stereocenters. The molecule has 0 amide bonds. The predicted molar refractivity (Wildman–Crippen MR) is 175 cm³/mol. The van der Waals surface area contributed by atoms with E-state index in [9.17, 15) is 9.18 Å². The van der Waals surface area contributed by atoms with Crippen LogP contribution in [0.2, 0.25) is 0 Å². The molecule has 0 atom stereocenters. The van der Waals surface area contributed by atoms with Crippen LogP contribution in [-0.4, -0.2) is 32.9 Å². The van der Waals surface area contributed by atoms with E-state index in [1.807, 2.05) is 54.6 Å². The number of carbonyl (C=O) groups excluding carboxylic acids is 1. The molecule has 238 valence electrons. The molecule has 6 nitrogen and oxygen atoms in total. The van der Waals surface area contributed by atoms with Crippen molar-refractivity contribution in [3.63, 3.8) is 0 Å². The van der Waals surface area contributed by atoms with Gasteiger partial charge in [0.25, 0.3) is 0 Å². The normalized spacial score (nSPS) is 10.8. The highest BCUT2D eigenvalue weighted by molar-refractivity contribution is 5.73. The van der Waals surface area contributed by atoms with Crippen molar-refractivity contribution in [2.24, 2.45) is 0 Å². The van der Waals surface area contributed by atoms with Crippen molar-refractivity contribution >= 4 is 5.97 Å². The van der Waals surface area contributed by atoms with Crippen LogP contribution in [0.1, 0.15) is 56.2 Å². The topological polar surface area (TPSA) is 63.2 Å². The Hall–Kier alpha value is -4.52. The first-order valence-electron chi connectivity index (χ1n) is 15.7. The van der Waals surface area contributed by atoms with E-state index in [2.05, 4.69) is 19.9 Å². The van der Waals surface area contributed by atoms with Gasteiger partial charge in [-0.05, 0) is 66.3 Å². The van der Waals surface area contributed by atoms with E-state index in [0.717, 1.165) is 58.6 Å². The second-order valence-corrected chi connectivity index (χ2v) is 10.7. The lowest BCUT2D eigenvalue weighted by Crippen LogP contribution is -2.10. The van der Waals surface area contributed by atoms with Gasteiger partial charge >= 0.3 is 5.97 Å². The number of esters is 1. The van der Waals surface area contributed by atoms with Gasteiger partial charge in [0.1, 0.15) is 35.4 Å². The molecule has 4 aromatic carbocycles. The highest BCUT2D eigenvalue weighted by Crippen LogP contribution is 2.37. The van der Waals surface area contributed by atoms with Gasteiger partial charge in [-0.2, -0.15) is 0 Å². The Morgan fingerprint density at radius 1 is 0.711 bits per heavy atom. The van der Waals surface area contributed by atoms with E-state index in [-0.39, 0.29) is 18.2 Å². The Kier molecular flexibility index (Phi) is 13.1. The fourth-order valence-electron chi connectivity index (χ4n) is 4.87. The maximum Gasteiger partial charge on any atom is 0.305 e. The van der Waals surface area contributed by atoms with Gasteiger partial charge in [0.2, 0.25) is 0 Å². The van der Waals surface area contributed by atoms with Crippen molar-refractivity contribution in [1.82, 2.24) is 0 Å². The monoisotopic (exact) mass is 614 g/mol. The summed E-state index contributed by atoms with van der Waals surface area (Å²) in [5, 5.41) is 0. The van der Waals surface area contributed by atoms with Gasteiger partial charge in [-0.1, -0.05) is 68.8 Å². The standard InChI is InChI=1S/C38H43FO6/c1-4-6-22-42-34-14-10-15-35(32(34)20-21-38(40)41-3)43-23-11-24-44-36-26-37(45-27-28-12-8-7-9-13-28)33(25-29(36)5-2)30-16-18-31(39)19-17-30/h7-10,12-19,25-26H,4-6,11,20-24,27H2,1-3H3. The molecule has 0 heterocycles. The molecule has 4 aromatic rings. The summed E-state index contributed by atoms with van der Waals surface area (Å²) in [7, 11) is 1.39. The number of carbonyl (C=O) groups is 1. The molecule has 0 saturated carbocycles. The zero-order valence-electron chi connectivity index (χ0n) is 26.5. The van der Waals surface area contributed by atoms with Crippen LogP contribution in [0.4, 0.5) is 4.39 Å². The number of rotatable bonds is 18. The van der Waals surface area contributed by atoms with Gasteiger partial charge in [0.05, 0.1) is 26.9 Å². The third-order valence-electron chi connectivity index (χ3n) is 7.39. The summed E-state index contributed by atoms with van der Waals surface area (Å²) in [4.78, 5) is 11.9. The number of methoxy groups -OCH3 is 1. The lowest BCUT2D eigenvalue weighted by molar-refractivity contribution is -0.140. The Balaban J connectivity index is 1.44. The molecule has 0 saturated heterocycles. The van der Waals surface area contributed by atoms with Crippen LogP contribution < -0.4 is 18.9 Å². The van der Waals surface area contributed by atoms with E-state index in [1.165, 1.54) is 19.2 Å². The largest absolute Gasteiger partial charge is 0.493 e. The number of aryl methyl sites for hydroxylation is 1. The number of hydrogen-bond donors (Lipinski definition) is 0. The highest BCUT2D eigenvalue weighted by atomic mass is 19.1. The van der Waals surface area contributed by atoms with Crippen LogP contribution >= 0.6 is 0 Å². The van der Waals surface area contributed by atoms with Crippen molar-refractivity contribution < 1.29 is 32.9 Å². The van der Waals surface area contributed by atoms with E-state index in [4.69, 9.17) is 23.7 Å². The first-order valence-corrected chi connectivity index (χ1v) is 15.7. The van der Waals surface area contributed by atoms with E-state index < -0.39 is 0 Å². The van der Waals surface area contributed by atoms with Crippen molar-refractivity contribution in [2.45, 2.75) is 59.0 Å². The molecule has 7 heteroatoms. The minimum absolute atomic E-state index is 0.243. The van der Waals surface area contributed by atoms with Gasteiger partial charge in [0.15, 0.2) is 0 Å². The maximum absolute atomic E-state index is 13.7. The van der Waals surface area contributed by atoms with Crippen LogP contribution in [0.3, 0.4) is 0 Å². The Morgan fingerprint density at radius 3 is 2.02 bits per heavy atom. The molecule has 0 N–H and O–H groups in total. The molecule has 0 aliphatic rings. The molecule has 0 aliphatic heterocycles. The van der Waals surface area contributed by atoms with E-state index in [1.54, 1.807) is 12.1 Å². The molecular formula is C38H43FO6. The molecule has 4 rings (SSSR count). The SMILES string of the molecule is CCCCOc1cccc(OCCCOc2cc(OCc3ccccc3)c(-c3ccc(F)cc3)cc2CC)c1CCC(=O)OC. The van der Waals surface area contributed by atoms with Crippen molar-refractivity contribution in [1.29, 1.82) is 0 Å². The second-order valence-electron chi connectivity index (χ2n) is 10.7. The fraction of sp³-hybridized carbons (Fsp3) is 0.342. The summed E-state index contributed by atoms with van der Waals surface area (Å²) >= 11 is 0. The predicted octanol–water partition coefficient (Wildman–Crippen LogP) is 8.77. The Morgan fingerprint density at radius 2 is 1.38 bits per heavy atom. The van der Waals surface area contributed by atoms with Crippen molar-refractivity contribution in [3.8, 4) is 34.1 Å². The molecule has 0 bridgehead atoms. The lowest BCUT2D eigenvalue weighted by Gasteiger charge is -2.18. The van der Waals surface area contributed by atoms with E-state index >= 15 is 0 Å². The summed E-state index contributed by atoms with van der Waals surface area (Å²) in [6.07, 6.45) is 4.08. The zero-order chi connectivity index (χ0) is 31.9. The lowest BCUT2D eigenvalue weighted by atomic mass is 10.00. The minimum atomic E-state index is -0.283. The number of unbranched alkanes of at least 4 members (excludes halogenated alkanes) is 1. The molecule has 45 heavy (non-hydrogen) atoms. The summed E-state index contributed by atoms with van der Waals surface area (Å²) in [5.74, 6) is 2.29. The maximum atomic E-state index is 13.7. The second kappa shape index (κ2) is 17.7. The molecule has 0 spiro atoms. The summed E-state index contributed by atoms with van der Waals surface area (Å²) in [6, 6.07) is 26.1. The quantitative estimate of drug-likeness (QED) is 0.0825. The highest BCUT2D eigenvalue weighted by Gasteiger charge is 2.16. The van der Waals surface area contributed by atoms with Gasteiger partial charge in [-0.15, -0.1) is 0 Å². The summed E-state index contributed by atoms with van der Waals surface area (Å²) in [6.45, 7) is 6.06. The average molecular weight is 615 g/mol. The van der Waals surface area contributed by atoms with Crippen LogP contribution in [0, 0.1) is 5.82 Å². The Labute approximate surface area is 266 Å². The first kappa shape index (κ1) is 33.4. The molecule has 0 fully saturated rings. The zero-order valence-corrected chi connectivity index (χ0v) is 26.5. The Bertz CT molecular complexity index is 1490. The molecule has 0 aromatic heterocycles. The van der Waals surface area contributed by atoms with Gasteiger partial charge in [0, 0.05) is 30.0 Å². The van der Waals surface area contributed by atoms with Crippen molar-refractivity contribution in [2.75, 3.05) is 26.9 Å². The summed E-state index contributed by atoms with van der Waals surface area (Å²) in [5.41, 5.74) is 4.71. The molecule has 0 aliphatic carbocycles. The van der Waals surface area contributed by atoms with Crippen LogP contribution in [0.5, 0.6) is 23.0 Å². The number of ether oxygens (including phenoxy) is 5. The summed E-state index contributed by atoms with van der Waals surface area (Å²) < 4.78 is 43.3. The van der Waals surface area contributed by atoms with Crippen LogP contribution in [0.15, 0.2) is 84.9 Å². The fourth-order valence-corrected chi connectivity index (χ4v) is 4.87. The number of hydrogen-bond acceptors (Lipinski definition) is 6.